The van der Waals surface area contributed by atoms with Crippen LogP contribution in [0.2, 0.25) is 0 Å². The van der Waals surface area contributed by atoms with Crippen LogP contribution in [0.5, 0.6) is 0 Å². The van der Waals surface area contributed by atoms with Crippen molar-refractivity contribution in [1.82, 2.24) is 15.5 Å². The molecule has 2 rings (SSSR count). The van der Waals surface area contributed by atoms with Crippen LogP contribution in [0.15, 0.2) is 35.3 Å². The van der Waals surface area contributed by atoms with Crippen molar-refractivity contribution in [3.63, 3.8) is 0 Å². The van der Waals surface area contributed by atoms with Crippen molar-refractivity contribution in [2.45, 2.75) is 51.5 Å². The van der Waals surface area contributed by atoms with Crippen LogP contribution in [0, 0.1) is 0 Å². The van der Waals surface area contributed by atoms with Gasteiger partial charge in [-0.05, 0) is 57.7 Å². The molecule has 1 atom stereocenters. The van der Waals surface area contributed by atoms with Gasteiger partial charge in [0, 0.05) is 26.2 Å². The summed E-state index contributed by atoms with van der Waals surface area (Å²) in [5.41, 5.74) is 1.36. The number of guanidine groups is 1. The molecule has 0 aliphatic carbocycles. The van der Waals surface area contributed by atoms with Gasteiger partial charge < -0.3 is 15.5 Å². The lowest BCUT2D eigenvalue weighted by atomic mass is 10.0. The molecule has 2 N–H and O–H groups in total. The van der Waals surface area contributed by atoms with Crippen LogP contribution in [-0.4, -0.2) is 50.1 Å². The Morgan fingerprint density at radius 2 is 1.92 bits per heavy atom. The number of hydrogen-bond donors (Lipinski definition) is 2. The Kier molecular flexibility index (Phi) is 8.67. The third-order valence-corrected chi connectivity index (χ3v) is 4.88. The number of piperidine rings is 1. The molecule has 0 spiro atoms. The van der Waals surface area contributed by atoms with Crippen molar-refractivity contribution in [2.24, 2.45) is 4.99 Å². The molecule has 4 heteroatoms. The standard InChI is InChI=1S/C20H34N4/c1-18-10-6-8-16-24(18)17-9-7-14-22-20(21-2)23-15-13-19-11-4-3-5-12-19/h3-5,11-12,18H,6-10,13-17H2,1-2H3,(H2,21,22,23). The molecule has 0 aromatic heterocycles. The summed E-state index contributed by atoms with van der Waals surface area (Å²) in [6.45, 7) is 6.80. The second-order valence-electron chi connectivity index (χ2n) is 6.75. The van der Waals surface area contributed by atoms with Gasteiger partial charge in [0.25, 0.3) is 0 Å². The summed E-state index contributed by atoms with van der Waals surface area (Å²) in [5, 5.41) is 6.82. The number of unbranched alkanes of at least 4 members (excludes halogenated alkanes) is 1. The van der Waals surface area contributed by atoms with Crippen LogP contribution in [0.4, 0.5) is 0 Å². The molecule has 0 amide bonds. The summed E-state index contributed by atoms with van der Waals surface area (Å²) in [5.74, 6) is 0.914. The molecule has 1 aliphatic rings. The highest BCUT2D eigenvalue weighted by atomic mass is 15.2. The van der Waals surface area contributed by atoms with Gasteiger partial charge in [-0.25, -0.2) is 0 Å². The summed E-state index contributed by atoms with van der Waals surface area (Å²) >= 11 is 0. The second kappa shape index (κ2) is 11.1. The van der Waals surface area contributed by atoms with E-state index in [4.69, 9.17) is 0 Å². The largest absolute Gasteiger partial charge is 0.356 e. The summed E-state index contributed by atoms with van der Waals surface area (Å²) in [7, 11) is 1.84. The fourth-order valence-electron chi connectivity index (χ4n) is 3.33. The van der Waals surface area contributed by atoms with Gasteiger partial charge >= 0.3 is 0 Å². The molecule has 1 aromatic carbocycles. The van der Waals surface area contributed by atoms with Crippen LogP contribution in [0.25, 0.3) is 0 Å². The van der Waals surface area contributed by atoms with E-state index in [2.05, 4.69) is 57.8 Å². The molecule has 1 aliphatic heterocycles. The maximum Gasteiger partial charge on any atom is 0.190 e. The van der Waals surface area contributed by atoms with Crippen molar-refractivity contribution < 1.29 is 0 Å². The highest BCUT2D eigenvalue weighted by Gasteiger charge is 2.16. The molecule has 1 saturated heterocycles. The van der Waals surface area contributed by atoms with Crippen molar-refractivity contribution in [1.29, 1.82) is 0 Å². The predicted molar refractivity (Wildman–Crippen MR) is 104 cm³/mol. The summed E-state index contributed by atoms with van der Waals surface area (Å²) in [6.07, 6.45) is 7.64. The van der Waals surface area contributed by atoms with Gasteiger partial charge in [0.15, 0.2) is 5.96 Å². The van der Waals surface area contributed by atoms with Gasteiger partial charge in [0.05, 0.1) is 0 Å². The average molecular weight is 331 g/mol. The molecule has 0 bridgehead atoms. The molecule has 0 radical (unpaired) electrons. The first-order valence-corrected chi connectivity index (χ1v) is 9.52. The SMILES string of the molecule is CN=C(NCCCCN1CCCCC1C)NCCc1ccccc1. The minimum absolute atomic E-state index is 0.777. The minimum Gasteiger partial charge on any atom is -0.356 e. The van der Waals surface area contributed by atoms with E-state index in [0.717, 1.165) is 31.5 Å². The Balaban J connectivity index is 1.53. The molecule has 24 heavy (non-hydrogen) atoms. The van der Waals surface area contributed by atoms with Gasteiger partial charge in [-0.2, -0.15) is 0 Å². The van der Waals surface area contributed by atoms with Gasteiger partial charge in [0.2, 0.25) is 0 Å². The lowest BCUT2D eigenvalue weighted by molar-refractivity contribution is 0.158. The maximum absolute atomic E-state index is 4.30. The first kappa shape index (κ1) is 18.8. The third kappa shape index (κ3) is 6.91. The normalized spacial score (nSPS) is 19.2. The van der Waals surface area contributed by atoms with E-state index in [1.807, 2.05) is 7.05 Å². The van der Waals surface area contributed by atoms with E-state index in [-0.39, 0.29) is 0 Å². The molecule has 1 unspecified atom stereocenters. The summed E-state index contributed by atoms with van der Waals surface area (Å²) < 4.78 is 0. The Hall–Kier alpha value is -1.55. The zero-order valence-corrected chi connectivity index (χ0v) is 15.4. The Bertz CT molecular complexity index is 472. The molecular weight excluding hydrogens is 296 g/mol. The fourth-order valence-corrected chi connectivity index (χ4v) is 3.33. The van der Waals surface area contributed by atoms with E-state index in [1.54, 1.807) is 0 Å². The van der Waals surface area contributed by atoms with Crippen LogP contribution in [0.3, 0.4) is 0 Å². The molecule has 1 heterocycles. The van der Waals surface area contributed by atoms with Gasteiger partial charge in [-0.15, -0.1) is 0 Å². The van der Waals surface area contributed by atoms with E-state index in [9.17, 15) is 0 Å². The quantitative estimate of drug-likeness (QED) is 0.437. The van der Waals surface area contributed by atoms with E-state index in [0.29, 0.717) is 0 Å². The highest BCUT2D eigenvalue weighted by Crippen LogP contribution is 2.16. The van der Waals surface area contributed by atoms with Gasteiger partial charge in [-0.1, -0.05) is 36.8 Å². The Morgan fingerprint density at radius 1 is 1.12 bits per heavy atom. The van der Waals surface area contributed by atoms with Crippen LogP contribution in [-0.2, 0) is 6.42 Å². The van der Waals surface area contributed by atoms with Gasteiger partial charge in [0.1, 0.15) is 0 Å². The molecule has 134 valence electrons. The van der Waals surface area contributed by atoms with Gasteiger partial charge in [-0.3, -0.25) is 4.99 Å². The van der Waals surface area contributed by atoms with E-state index in [1.165, 1.54) is 50.8 Å². The number of aliphatic imine (C=N–C) groups is 1. The first-order valence-electron chi connectivity index (χ1n) is 9.52. The van der Waals surface area contributed by atoms with Crippen molar-refractivity contribution in [3.8, 4) is 0 Å². The number of benzene rings is 1. The monoisotopic (exact) mass is 330 g/mol. The number of nitrogens with one attached hydrogen (secondary N) is 2. The smallest absolute Gasteiger partial charge is 0.190 e. The number of hydrogen-bond acceptors (Lipinski definition) is 2. The lowest BCUT2D eigenvalue weighted by Crippen LogP contribution is -2.40. The second-order valence-corrected chi connectivity index (χ2v) is 6.75. The van der Waals surface area contributed by atoms with Crippen LogP contribution < -0.4 is 10.6 Å². The minimum atomic E-state index is 0.777. The van der Waals surface area contributed by atoms with Crippen LogP contribution >= 0.6 is 0 Å². The number of rotatable bonds is 8. The van der Waals surface area contributed by atoms with Crippen molar-refractivity contribution in [3.05, 3.63) is 35.9 Å². The Labute approximate surface area is 147 Å². The van der Waals surface area contributed by atoms with Crippen LogP contribution in [0.1, 0.15) is 44.6 Å². The Morgan fingerprint density at radius 3 is 2.67 bits per heavy atom. The average Bonchev–Trinajstić information content (AvgIpc) is 2.62. The maximum atomic E-state index is 4.30. The first-order chi connectivity index (χ1) is 11.8. The van der Waals surface area contributed by atoms with Crippen molar-refractivity contribution >= 4 is 5.96 Å². The number of nitrogens with zero attached hydrogens (tertiary/aromatic N) is 2. The molecule has 4 nitrogen and oxygen atoms in total. The van der Waals surface area contributed by atoms with Crippen molar-refractivity contribution in [2.75, 3.05) is 33.2 Å². The predicted octanol–water partition coefficient (Wildman–Crippen LogP) is 3.05. The molecule has 1 aromatic rings. The molecule has 1 fully saturated rings. The zero-order chi connectivity index (χ0) is 17.0. The zero-order valence-electron chi connectivity index (χ0n) is 15.4. The summed E-state index contributed by atoms with van der Waals surface area (Å²) in [4.78, 5) is 6.95. The van der Waals surface area contributed by atoms with E-state index >= 15 is 0 Å². The third-order valence-electron chi connectivity index (χ3n) is 4.88. The fraction of sp³-hybridized carbons (Fsp3) is 0.650. The number of likely N-dealkylation sites (tertiary alicyclic amines) is 1. The lowest BCUT2D eigenvalue weighted by Gasteiger charge is -2.33. The topological polar surface area (TPSA) is 39.7 Å². The molecule has 0 saturated carbocycles. The van der Waals surface area contributed by atoms with E-state index < -0.39 is 0 Å². The molecular formula is C20H34N4. The summed E-state index contributed by atoms with van der Waals surface area (Å²) in [6, 6.07) is 11.3. The highest BCUT2D eigenvalue weighted by molar-refractivity contribution is 5.79.